The Bertz CT molecular complexity index is 532. The normalized spacial score (nSPS) is 12.8. The molecule has 90 valence electrons. The summed E-state index contributed by atoms with van der Waals surface area (Å²) in [5.74, 6) is -0.457. The third-order valence-corrected chi connectivity index (χ3v) is 2.90. The van der Waals surface area contributed by atoms with E-state index in [2.05, 4.69) is 5.10 Å². The van der Waals surface area contributed by atoms with Gasteiger partial charge in [-0.05, 0) is 26.0 Å². The molecule has 1 atom stereocenters. The van der Waals surface area contributed by atoms with Gasteiger partial charge in [0.25, 0.3) is 0 Å². The van der Waals surface area contributed by atoms with Gasteiger partial charge in [-0.3, -0.25) is 0 Å². The number of hydrogen-bond donors (Lipinski definition) is 1. The Hall–Kier alpha value is -1.39. The second-order valence-electron chi connectivity index (χ2n) is 3.86. The van der Waals surface area contributed by atoms with E-state index in [1.54, 1.807) is 25.3 Å². The van der Waals surface area contributed by atoms with Gasteiger partial charge in [-0.15, -0.1) is 0 Å². The Morgan fingerprint density at radius 1 is 1.47 bits per heavy atom. The molecule has 1 aromatic carbocycles. The summed E-state index contributed by atoms with van der Waals surface area (Å²) in [5, 5.41) is 14.3. The molecule has 0 radical (unpaired) electrons. The highest BCUT2D eigenvalue weighted by molar-refractivity contribution is 6.31. The van der Waals surface area contributed by atoms with Crippen LogP contribution in [0.3, 0.4) is 0 Å². The van der Waals surface area contributed by atoms with Gasteiger partial charge in [0, 0.05) is 11.8 Å². The van der Waals surface area contributed by atoms with E-state index >= 15 is 0 Å². The lowest BCUT2D eigenvalue weighted by atomic mass is 10.1. The van der Waals surface area contributed by atoms with E-state index < -0.39 is 11.9 Å². The Labute approximate surface area is 103 Å². The van der Waals surface area contributed by atoms with Crippen molar-refractivity contribution >= 4 is 11.6 Å². The Balaban J connectivity index is 2.63. The molecule has 0 saturated carbocycles. The number of nitrogens with zero attached hydrogens (tertiary/aromatic N) is 2. The monoisotopic (exact) mass is 254 g/mol. The van der Waals surface area contributed by atoms with Crippen molar-refractivity contribution < 1.29 is 9.50 Å². The van der Waals surface area contributed by atoms with Crippen LogP contribution in [0.4, 0.5) is 4.39 Å². The van der Waals surface area contributed by atoms with Gasteiger partial charge in [0.1, 0.15) is 5.82 Å². The lowest BCUT2D eigenvalue weighted by Crippen LogP contribution is -2.05. The fourth-order valence-corrected chi connectivity index (χ4v) is 1.83. The van der Waals surface area contributed by atoms with Crippen LogP contribution < -0.4 is 0 Å². The van der Waals surface area contributed by atoms with Crippen molar-refractivity contribution in [1.29, 1.82) is 0 Å². The van der Waals surface area contributed by atoms with E-state index in [4.69, 9.17) is 11.6 Å². The van der Waals surface area contributed by atoms with Gasteiger partial charge in [0.05, 0.1) is 22.5 Å². The lowest BCUT2D eigenvalue weighted by molar-refractivity contribution is 0.194. The first-order chi connectivity index (χ1) is 8.00. The number of hydrogen-bond acceptors (Lipinski definition) is 2. The number of aliphatic hydroxyl groups excluding tert-OH is 1. The standard InChI is InChI=1S/C12H12ClFN2O/c1-7-9(13)6-16(15-7)11-5-3-4-10(14)12(11)8(2)17/h3-6,8,17H,1-2H3/t8-/m0/s1. The second-order valence-corrected chi connectivity index (χ2v) is 4.26. The molecule has 1 N–H and O–H groups in total. The van der Waals surface area contributed by atoms with Gasteiger partial charge in [-0.25, -0.2) is 9.07 Å². The fraction of sp³-hybridized carbons (Fsp3) is 0.250. The number of halogens is 2. The van der Waals surface area contributed by atoms with Gasteiger partial charge < -0.3 is 5.11 Å². The smallest absolute Gasteiger partial charge is 0.131 e. The predicted octanol–water partition coefficient (Wildman–Crippen LogP) is 3.03. The highest BCUT2D eigenvalue weighted by Gasteiger charge is 2.16. The van der Waals surface area contributed by atoms with E-state index in [1.807, 2.05) is 0 Å². The molecule has 0 amide bonds. The molecule has 2 rings (SSSR count). The topological polar surface area (TPSA) is 38.0 Å². The van der Waals surface area contributed by atoms with E-state index in [-0.39, 0.29) is 5.56 Å². The van der Waals surface area contributed by atoms with Crippen molar-refractivity contribution in [1.82, 2.24) is 9.78 Å². The third-order valence-electron chi connectivity index (χ3n) is 2.53. The van der Waals surface area contributed by atoms with E-state index in [0.29, 0.717) is 16.4 Å². The van der Waals surface area contributed by atoms with Crippen LogP contribution in [-0.4, -0.2) is 14.9 Å². The summed E-state index contributed by atoms with van der Waals surface area (Å²) in [6, 6.07) is 4.57. The molecule has 0 saturated heterocycles. The molecular weight excluding hydrogens is 243 g/mol. The van der Waals surface area contributed by atoms with Gasteiger partial charge in [-0.2, -0.15) is 5.10 Å². The molecule has 0 aliphatic heterocycles. The summed E-state index contributed by atoms with van der Waals surface area (Å²) < 4.78 is 15.1. The minimum atomic E-state index is -0.908. The zero-order valence-electron chi connectivity index (χ0n) is 9.48. The maximum atomic E-state index is 13.7. The van der Waals surface area contributed by atoms with E-state index in [9.17, 15) is 9.50 Å². The molecule has 2 aromatic rings. The number of benzene rings is 1. The predicted molar refractivity (Wildman–Crippen MR) is 63.9 cm³/mol. The van der Waals surface area contributed by atoms with Crippen LogP contribution in [0, 0.1) is 12.7 Å². The highest BCUT2D eigenvalue weighted by atomic mass is 35.5. The molecule has 1 heterocycles. The fourth-order valence-electron chi connectivity index (χ4n) is 1.70. The molecule has 0 spiro atoms. The van der Waals surface area contributed by atoms with Gasteiger partial charge in [0.2, 0.25) is 0 Å². The summed E-state index contributed by atoms with van der Waals surface area (Å²) in [6.07, 6.45) is 0.687. The maximum absolute atomic E-state index is 13.7. The van der Waals surface area contributed by atoms with Gasteiger partial charge in [0.15, 0.2) is 0 Å². The minimum absolute atomic E-state index is 0.215. The Morgan fingerprint density at radius 3 is 2.71 bits per heavy atom. The summed E-state index contributed by atoms with van der Waals surface area (Å²) in [4.78, 5) is 0. The summed E-state index contributed by atoms with van der Waals surface area (Å²) in [5.41, 5.74) is 1.37. The quantitative estimate of drug-likeness (QED) is 0.895. The van der Waals surface area contributed by atoms with E-state index in [1.165, 1.54) is 17.7 Å². The van der Waals surface area contributed by atoms with Crippen LogP contribution in [0.2, 0.25) is 5.02 Å². The van der Waals surface area contributed by atoms with Crippen molar-refractivity contribution in [2.24, 2.45) is 0 Å². The molecule has 5 heteroatoms. The van der Waals surface area contributed by atoms with Crippen LogP contribution in [0.15, 0.2) is 24.4 Å². The zero-order chi connectivity index (χ0) is 12.6. The zero-order valence-corrected chi connectivity index (χ0v) is 10.2. The number of aromatic nitrogens is 2. The number of rotatable bonds is 2. The molecule has 0 aliphatic carbocycles. The molecular formula is C12H12ClFN2O. The van der Waals surface area contributed by atoms with Crippen molar-refractivity contribution in [2.45, 2.75) is 20.0 Å². The molecule has 17 heavy (non-hydrogen) atoms. The molecule has 0 aliphatic rings. The number of aliphatic hydroxyl groups is 1. The Morgan fingerprint density at radius 2 is 2.18 bits per heavy atom. The van der Waals surface area contributed by atoms with Crippen LogP contribution in [0.25, 0.3) is 5.69 Å². The summed E-state index contributed by atoms with van der Waals surface area (Å²) in [6.45, 7) is 3.28. The average molecular weight is 255 g/mol. The molecule has 3 nitrogen and oxygen atoms in total. The SMILES string of the molecule is Cc1nn(-c2cccc(F)c2[C@H](C)O)cc1Cl. The minimum Gasteiger partial charge on any atom is -0.389 e. The average Bonchev–Trinajstić information content (AvgIpc) is 2.58. The van der Waals surface area contributed by atoms with Crippen LogP contribution >= 0.6 is 11.6 Å². The van der Waals surface area contributed by atoms with E-state index in [0.717, 1.165) is 0 Å². The molecule has 0 bridgehead atoms. The second kappa shape index (κ2) is 4.47. The third kappa shape index (κ3) is 2.18. The van der Waals surface area contributed by atoms with Crippen molar-refractivity contribution in [2.75, 3.05) is 0 Å². The van der Waals surface area contributed by atoms with Crippen LogP contribution in [-0.2, 0) is 0 Å². The first-order valence-corrected chi connectivity index (χ1v) is 5.57. The maximum Gasteiger partial charge on any atom is 0.131 e. The summed E-state index contributed by atoms with van der Waals surface area (Å²) >= 11 is 5.91. The van der Waals surface area contributed by atoms with Gasteiger partial charge in [-0.1, -0.05) is 17.7 Å². The largest absolute Gasteiger partial charge is 0.389 e. The summed E-state index contributed by atoms with van der Waals surface area (Å²) in [7, 11) is 0. The van der Waals surface area contributed by atoms with Crippen molar-refractivity contribution in [3.05, 3.63) is 46.5 Å². The highest BCUT2D eigenvalue weighted by Crippen LogP contribution is 2.25. The first-order valence-electron chi connectivity index (χ1n) is 5.19. The molecule has 0 unspecified atom stereocenters. The number of aryl methyl sites for hydroxylation is 1. The van der Waals surface area contributed by atoms with Crippen LogP contribution in [0.5, 0.6) is 0 Å². The lowest BCUT2D eigenvalue weighted by Gasteiger charge is -2.12. The van der Waals surface area contributed by atoms with Crippen molar-refractivity contribution in [3.63, 3.8) is 0 Å². The Kier molecular flexibility index (Phi) is 3.17. The molecule has 1 aromatic heterocycles. The van der Waals surface area contributed by atoms with Gasteiger partial charge >= 0.3 is 0 Å². The van der Waals surface area contributed by atoms with Crippen LogP contribution in [0.1, 0.15) is 24.3 Å². The first kappa shape index (κ1) is 12.1. The molecule has 0 fully saturated rings. The van der Waals surface area contributed by atoms with Crippen molar-refractivity contribution in [3.8, 4) is 5.69 Å².